The van der Waals surface area contributed by atoms with Crippen LogP contribution >= 0.6 is 0 Å². The molecule has 0 spiro atoms. The summed E-state index contributed by atoms with van der Waals surface area (Å²) in [5.41, 5.74) is 2.38. The molecule has 0 bridgehead atoms. The number of hydrogen-bond acceptors (Lipinski definition) is 7. The third-order valence-corrected chi connectivity index (χ3v) is 6.75. The van der Waals surface area contributed by atoms with Gasteiger partial charge in [0.15, 0.2) is 12.4 Å². The fourth-order valence-electron chi connectivity index (χ4n) is 3.56. The van der Waals surface area contributed by atoms with Crippen LogP contribution in [0.15, 0.2) is 45.8 Å². The van der Waals surface area contributed by atoms with E-state index in [0.29, 0.717) is 47.2 Å². The summed E-state index contributed by atoms with van der Waals surface area (Å²) in [5.74, 6) is 0.885. The molecule has 10 heteroatoms. The lowest BCUT2D eigenvalue weighted by molar-refractivity contribution is -0.121. The molecule has 168 valence electrons. The van der Waals surface area contributed by atoms with E-state index in [1.165, 1.54) is 11.0 Å². The first-order valence-electron chi connectivity index (χ1n) is 10.3. The van der Waals surface area contributed by atoms with Gasteiger partial charge in [0.05, 0.1) is 22.8 Å². The molecule has 4 rings (SSSR count). The summed E-state index contributed by atoms with van der Waals surface area (Å²) in [7, 11) is -3.87. The van der Waals surface area contributed by atoms with Crippen LogP contribution in [0.25, 0.3) is 0 Å². The number of hydrogen-bond donors (Lipinski definition) is 1. The Hall–Kier alpha value is -3.40. The maximum Gasteiger partial charge on any atom is 0.265 e. The van der Waals surface area contributed by atoms with Gasteiger partial charge in [-0.3, -0.25) is 14.4 Å². The summed E-state index contributed by atoms with van der Waals surface area (Å²) in [6.45, 7) is 5.43. The van der Waals surface area contributed by atoms with Crippen molar-refractivity contribution in [2.24, 2.45) is 0 Å². The Morgan fingerprint density at radius 2 is 1.94 bits per heavy atom. The molecule has 0 aliphatic carbocycles. The Labute approximate surface area is 186 Å². The van der Waals surface area contributed by atoms with Crippen molar-refractivity contribution in [3.05, 3.63) is 59.2 Å². The zero-order chi connectivity index (χ0) is 22.9. The Morgan fingerprint density at radius 3 is 2.66 bits per heavy atom. The monoisotopic (exact) mass is 456 g/mol. The highest BCUT2D eigenvalue weighted by Crippen LogP contribution is 2.37. The molecule has 1 aliphatic heterocycles. The standard InChI is InChI=1S/C22H24N4O5S/c1-4-15-8-6-7-9-16(15)25-32(28,29)19-11-18-17(10-14(19)3)26(22(27)13-30-18)12-20-23-21(5-2)31-24-20/h6-11,25H,4-5,12-13H2,1-3H3. The minimum Gasteiger partial charge on any atom is -0.482 e. The van der Waals surface area contributed by atoms with Crippen molar-refractivity contribution < 1.29 is 22.5 Å². The Kier molecular flexibility index (Phi) is 5.88. The molecule has 3 aromatic rings. The van der Waals surface area contributed by atoms with Gasteiger partial charge in [0.2, 0.25) is 5.89 Å². The van der Waals surface area contributed by atoms with E-state index in [2.05, 4.69) is 14.9 Å². The molecule has 1 aromatic heterocycles. The minimum absolute atomic E-state index is 0.0873. The quantitative estimate of drug-likeness (QED) is 0.580. The molecule has 32 heavy (non-hydrogen) atoms. The van der Waals surface area contributed by atoms with Crippen molar-refractivity contribution in [1.82, 2.24) is 10.1 Å². The first-order valence-corrected chi connectivity index (χ1v) is 11.8. The van der Waals surface area contributed by atoms with Crippen molar-refractivity contribution in [3.8, 4) is 5.75 Å². The van der Waals surface area contributed by atoms with Crippen LogP contribution in [0.4, 0.5) is 11.4 Å². The number of carbonyl (C=O) groups excluding carboxylic acids is 1. The number of sulfonamides is 1. The number of rotatable bonds is 7. The smallest absolute Gasteiger partial charge is 0.265 e. The molecule has 1 amide bonds. The molecule has 2 aromatic carbocycles. The van der Waals surface area contributed by atoms with Crippen LogP contribution in [0.1, 0.15) is 36.7 Å². The van der Waals surface area contributed by atoms with Gasteiger partial charge in [-0.05, 0) is 36.6 Å². The van der Waals surface area contributed by atoms with Crippen molar-refractivity contribution in [3.63, 3.8) is 0 Å². The average Bonchev–Trinajstić information content (AvgIpc) is 3.23. The maximum atomic E-state index is 13.2. The van der Waals surface area contributed by atoms with Crippen molar-refractivity contribution in [2.75, 3.05) is 16.2 Å². The molecule has 9 nitrogen and oxygen atoms in total. The van der Waals surface area contributed by atoms with Gasteiger partial charge < -0.3 is 9.26 Å². The van der Waals surface area contributed by atoms with Crippen LogP contribution in [0.3, 0.4) is 0 Å². The van der Waals surface area contributed by atoms with Crippen LogP contribution in [0.5, 0.6) is 5.75 Å². The molecular formula is C22H24N4O5S. The lowest BCUT2D eigenvalue weighted by atomic mass is 10.1. The number of aryl methyl sites for hydroxylation is 3. The third-order valence-electron chi connectivity index (χ3n) is 5.24. The maximum absolute atomic E-state index is 13.2. The second-order valence-corrected chi connectivity index (χ2v) is 9.08. The van der Waals surface area contributed by atoms with Gasteiger partial charge in [0, 0.05) is 12.5 Å². The Bertz CT molecular complexity index is 1270. The Morgan fingerprint density at radius 1 is 1.16 bits per heavy atom. The summed E-state index contributed by atoms with van der Waals surface area (Å²) >= 11 is 0. The fraction of sp³-hybridized carbons (Fsp3) is 0.318. The van der Waals surface area contributed by atoms with Crippen LogP contribution in [0.2, 0.25) is 0 Å². The third kappa shape index (κ3) is 4.18. The summed E-state index contributed by atoms with van der Waals surface area (Å²) in [6, 6.07) is 10.4. The number of nitrogens with zero attached hydrogens (tertiary/aromatic N) is 3. The van der Waals surface area contributed by atoms with Gasteiger partial charge in [-0.15, -0.1) is 0 Å². The van der Waals surface area contributed by atoms with Gasteiger partial charge in [-0.2, -0.15) is 4.98 Å². The van der Waals surface area contributed by atoms with Gasteiger partial charge in [-0.25, -0.2) is 8.42 Å². The van der Waals surface area contributed by atoms with E-state index < -0.39 is 10.0 Å². The normalized spacial score (nSPS) is 13.6. The van der Waals surface area contributed by atoms with Crippen LogP contribution in [-0.4, -0.2) is 31.1 Å². The van der Waals surface area contributed by atoms with Crippen LogP contribution in [-0.2, 0) is 34.2 Å². The molecule has 0 saturated heterocycles. The summed E-state index contributed by atoms with van der Waals surface area (Å²) in [4.78, 5) is 18.3. The van der Waals surface area contributed by atoms with Crippen molar-refractivity contribution >= 4 is 27.3 Å². The zero-order valence-electron chi connectivity index (χ0n) is 18.1. The van der Waals surface area contributed by atoms with Gasteiger partial charge >= 0.3 is 0 Å². The molecule has 1 N–H and O–H groups in total. The first kappa shape index (κ1) is 21.8. The molecular weight excluding hydrogens is 432 g/mol. The lowest BCUT2D eigenvalue weighted by Gasteiger charge is -2.29. The van der Waals surface area contributed by atoms with Gasteiger partial charge in [-0.1, -0.05) is 37.2 Å². The van der Waals surface area contributed by atoms with Gasteiger partial charge in [0.25, 0.3) is 15.9 Å². The van der Waals surface area contributed by atoms with E-state index in [9.17, 15) is 13.2 Å². The number of nitrogens with one attached hydrogen (secondary N) is 1. The molecule has 0 saturated carbocycles. The second kappa shape index (κ2) is 8.62. The molecule has 0 radical (unpaired) electrons. The molecule has 2 heterocycles. The average molecular weight is 457 g/mol. The van der Waals surface area contributed by atoms with Crippen molar-refractivity contribution in [2.45, 2.75) is 45.1 Å². The molecule has 0 fully saturated rings. The highest BCUT2D eigenvalue weighted by atomic mass is 32.2. The van der Waals surface area contributed by atoms with E-state index >= 15 is 0 Å². The number of benzene rings is 2. The van der Waals surface area contributed by atoms with Crippen LogP contribution in [0, 0.1) is 6.92 Å². The highest BCUT2D eigenvalue weighted by molar-refractivity contribution is 7.92. The predicted octanol–water partition coefficient (Wildman–Crippen LogP) is 3.23. The highest BCUT2D eigenvalue weighted by Gasteiger charge is 2.30. The number of fused-ring (bicyclic) bond motifs is 1. The van der Waals surface area contributed by atoms with Crippen LogP contribution < -0.4 is 14.4 Å². The zero-order valence-corrected chi connectivity index (χ0v) is 18.9. The molecule has 0 unspecified atom stereocenters. The minimum atomic E-state index is -3.87. The van der Waals surface area contributed by atoms with E-state index in [4.69, 9.17) is 9.26 Å². The number of ether oxygens (including phenoxy) is 1. The number of amides is 1. The lowest BCUT2D eigenvalue weighted by Crippen LogP contribution is -2.38. The fourth-order valence-corrected chi connectivity index (χ4v) is 4.91. The SMILES string of the molecule is CCc1nc(CN2C(=O)COc3cc(S(=O)(=O)Nc4ccccc4CC)c(C)cc32)no1. The summed E-state index contributed by atoms with van der Waals surface area (Å²) < 4.78 is 39.7. The first-order chi connectivity index (χ1) is 15.3. The van der Waals surface area contributed by atoms with Crippen molar-refractivity contribution in [1.29, 1.82) is 0 Å². The van der Waals surface area contributed by atoms with E-state index in [1.807, 2.05) is 26.0 Å². The molecule has 0 atom stereocenters. The topological polar surface area (TPSA) is 115 Å². The Balaban J connectivity index is 1.68. The van der Waals surface area contributed by atoms with Gasteiger partial charge in [0.1, 0.15) is 5.75 Å². The van der Waals surface area contributed by atoms with E-state index in [-0.39, 0.29) is 24.0 Å². The second-order valence-electron chi connectivity index (χ2n) is 7.43. The number of aromatic nitrogens is 2. The number of para-hydroxylation sites is 1. The van der Waals surface area contributed by atoms with E-state index in [0.717, 1.165) is 5.56 Å². The number of anilines is 2. The largest absolute Gasteiger partial charge is 0.482 e. The summed E-state index contributed by atoms with van der Waals surface area (Å²) in [6.07, 6.45) is 1.28. The number of carbonyl (C=O) groups is 1. The molecule has 1 aliphatic rings. The van der Waals surface area contributed by atoms with E-state index in [1.54, 1.807) is 25.1 Å². The predicted molar refractivity (Wildman–Crippen MR) is 118 cm³/mol. The summed E-state index contributed by atoms with van der Waals surface area (Å²) in [5, 5.41) is 3.90.